The molecule has 3 N–H and O–H groups in total. The number of aliphatic hydroxyl groups excluding tert-OH is 2. The molecule has 0 aromatic rings. The van der Waals surface area contributed by atoms with Gasteiger partial charge in [-0.2, -0.15) is 0 Å². The molecule has 0 aromatic heterocycles. The highest BCUT2D eigenvalue weighted by molar-refractivity contribution is 5.76. The van der Waals surface area contributed by atoms with Crippen LogP contribution in [0.2, 0.25) is 0 Å². The molecule has 0 saturated carbocycles. The van der Waals surface area contributed by atoms with Gasteiger partial charge in [0.2, 0.25) is 5.91 Å². The number of nitrogens with one attached hydrogen (secondary N) is 1. The Hall–Kier alpha value is -2.18. The fraction of sp³-hybridized carbons (Fsp3) is 0.808. The average molecular weight is 814 g/mol. The smallest absolute Gasteiger partial charge is 0.305 e. The lowest BCUT2D eigenvalue weighted by atomic mass is 10.1. The van der Waals surface area contributed by atoms with Crippen molar-refractivity contribution < 1.29 is 24.5 Å². The van der Waals surface area contributed by atoms with Crippen LogP contribution in [0, 0.1) is 0 Å². The van der Waals surface area contributed by atoms with E-state index in [4.69, 9.17) is 4.74 Å². The Labute approximate surface area is 359 Å². The third kappa shape index (κ3) is 43.4. The second-order valence-corrected chi connectivity index (χ2v) is 16.8. The molecule has 6 heteroatoms. The van der Waals surface area contributed by atoms with Crippen LogP contribution in [0.25, 0.3) is 0 Å². The van der Waals surface area contributed by atoms with Gasteiger partial charge in [-0.25, -0.2) is 0 Å². The molecule has 0 rings (SSSR count). The summed E-state index contributed by atoms with van der Waals surface area (Å²) in [7, 11) is 0. The van der Waals surface area contributed by atoms with E-state index >= 15 is 0 Å². The summed E-state index contributed by atoms with van der Waals surface area (Å²) in [5.41, 5.74) is 0. The van der Waals surface area contributed by atoms with Gasteiger partial charge in [0, 0.05) is 12.8 Å². The Bertz CT molecular complexity index is 988. The molecule has 0 spiro atoms. The number of hydrogen-bond donors (Lipinski definition) is 3. The van der Waals surface area contributed by atoms with Crippen molar-refractivity contribution in [3.63, 3.8) is 0 Å². The SMILES string of the molecule is CCCC/C=C\C/C=C\CCCCCCCC(=O)OCCCCCC/C=C\CCCCCCCCCC(=O)NC(CO)C(O)/C=C/CCCCCCCCCCCC. The average Bonchev–Trinajstić information content (AvgIpc) is 3.22. The number of esters is 1. The van der Waals surface area contributed by atoms with Crippen molar-refractivity contribution >= 4 is 11.9 Å². The summed E-state index contributed by atoms with van der Waals surface area (Å²) >= 11 is 0. The van der Waals surface area contributed by atoms with Gasteiger partial charge in [0.1, 0.15) is 0 Å². The van der Waals surface area contributed by atoms with E-state index in [1.807, 2.05) is 6.08 Å². The number of hydrogen-bond acceptors (Lipinski definition) is 5. The summed E-state index contributed by atoms with van der Waals surface area (Å²) < 4.78 is 5.44. The van der Waals surface area contributed by atoms with E-state index in [1.165, 1.54) is 135 Å². The number of ether oxygens (including phenoxy) is 1. The van der Waals surface area contributed by atoms with Crippen molar-refractivity contribution in [1.82, 2.24) is 5.32 Å². The topological polar surface area (TPSA) is 95.9 Å². The number of carbonyl (C=O) groups is 2. The standard InChI is InChI=1S/C52H95NO5/c1-3-5-7-9-11-13-15-17-22-26-30-34-38-42-46-52(57)58-47-43-39-35-31-27-23-20-18-19-21-25-29-33-37-41-45-51(56)53-49(48-54)50(55)44-40-36-32-28-24-16-14-12-10-8-6-4-2/h9,11,15,17,20,23,40,44,49-50,54-55H,3-8,10,12-14,16,18-19,21-22,24-39,41-43,45-48H2,1-2H3,(H,53,56)/b11-9-,17-15-,23-20-,44-40+. The molecular formula is C52H95NO5. The molecular weight excluding hydrogens is 719 g/mol. The zero-order valence-electron chi connectivity index (χ0n) is 38.3. The van der Waals surface area contributed by atoms with E-state index in [-0.39, 0.29) is 18.5 Å². The molecule has 2 unspecified atom stereocenters. The molecule has 6 nitrogen and oxygen atoms in total. The van der Waals surface area contributed by atoms with Crippen LogP contribution in [0.5, 0.6) is 0 Å². The zero-order chi connectivity index (χ0) is 42.3. The monoisotopic (exact) mass is 814 g/mol. The third-order valence-electron chi connectivity index (χ3n) is 11.1. The first-order valence-corrected chi connectivity index (χ1v) is 24.9. The van der Waals surface area contributed by atoms with Crippen LogP contribution in [0.4, 0.5) is 0 Å². The van der Waals surface area contributed by atoms with Crippen LogP contribution in [0.15, 0.2) is 48.6 Å². The van der Waals surface area contributed by atoms with Gasteiger partial charge in [-0.1, -0.05) is 197 Å². The zero-order valence-corrected chi connectivity index (χ0v) is 38.3. The third-order valence-corrected chi connectivity index (χ3v) is 11.1. The van der Waals surface area contributed by atoms with E-state index in [2.05, 4.69) is 55.6 Å². The lowest BCUT2D eigenvalue weighted by Gasteiger charge is -2.20. The van der Waals surface area contributed by atoms with Crippen molar-refractivity contribution in [3.05, 3.63) is 48.6 Å². The molecule has 0 fully saturated rings. The second-order valence-electron chi connectivity index (χ2n) is 16.8. The van der Waals surface area contributed by atoms with E-state index in [1.54, 1.807) is 6.08 Å². The van der Waals surface area contributed by atoms with Gasteiger partial charge in [-0.15, -0.1) is 0 Å². The summed E-state index contributed by atoms with van der Waals surface area (Å²) in [5, 5.41) is 23.0. The summed E-state index contributed by atoms with van der Waals surface area (Å²) in [4.78, 5) is 24.4. The lowest BCUT2D eigenvalue weighted by molar-refractivity contribution is -0.143. The van der Waals surface area contributed by atoms with Crippen LogP contribution in [0.3, 0.4) is 0 Å². The van der Waals surface area contributed by atoms with Gasteiger partial charge >= 0.3 is 5.97 Å². The van der Waals surface area contributed by atoms with Gasteiger partial charge in [-0.05, 0) is 83.5 Å². The summed E-state index contributed by atoms with van der Waals surface area (Å²) in [6, 6.07) is -0.639. The molecule has 0 aromatic carbocycles. The largest absolute Gasteiger partial charge is 0.466 e. The van der Waals surface area contributed by atoms with Crippen LogP contribution >= 0.6 is 0 Å². The highest BCUT2D eigenvalue weighted by atomic mass is 16.5. The molecule has 0 bridgehead atoms. The number of rotatable bonds is 45. The van der Waals surface area contributed by atoms with Gasteiger partial charge < -0.3 is 20.3 Å². The number of carbonyl (C=O) groups excluding carboxylic acids is 2. The Kier molecular flexibility index (Phi) is 45.7. The van der Waals surface area contributed by atoms with Gasteiger partial charge in [0.25, 0.3) is 0 Å². The maximum absolute atomic E-state index is 12.4. The van der Waals surface area contributed by atoms with E-state index < -0.39 is 12.1 Å². The first-order chi connectivity index (χ1) is 28.5. The van der Waals surface area contributed by atoms with E-state index in [0.29, 0.717) is 19.4 Å². The minimum Gasteiger partial charge on any atom is -0.466 e. The quantitative estimate of drug-likeness (QED) is 0.0323. The van der Waals surface area contributed by atoms with Gasteiger partial charge in [-0.3, -0.25) is 9.59 Å². The fourth-order valence-electron chi connectivity index (χ4n) is 7.17. The van der Waals surface area contributed by atoms with Crippen molar-refractivity contribution in [2.45, 2.75) is 257 Å². The molecule has 0 aliphatic carbocycles. The van der Waals surface area contributed by atoms with Crippen LogP contribution in [0.1, 0.15) is 245 Å². The molecule has 2 atom stereocenters. The minimum absolute atomic E-state index is 0.0270. The van der Waals surface area contributed by atoms with Crippen LogP contribution < -0.4 is 5.32 Å². The molecule has 0 aliphatic heterocycles. The van der Waals surface area contributed by atoms with E-state index in [0.717, 1.165) is 83.5 Å². The highest BCUT2D eigenvalue weighted by Crippen LogP contribution is 2.14. The molecule has 0 heterocycles. The number of aliphatic hydroxyl groups is 2. The number of allylic oxidation sites excluding steroid dienone is 7. The van der Waals surface area contributed by atoms with Crippen LogP contribution in [-0.2, 0) is 14.3 Å². The summed E-state index contributed by atoms with van der Waals surface area (Å²) in [5.74, 6) is -0.113. The summed E-state index contributed by atoms with van der Waals surface area (Å²) in [6.45, 7) is 4.79. The van der Waals surface area contributed by atoms with Crippen LogP contribution in [-0.4, -0.2) is 47.4 Å². The number of amides is 1. The maximum atomic E-state index is 12.4. The second kappa shape index (κ2) is 47.5. The van der Waals surface area contributed by atoms with Crippen molar-refractivity contribution in [2.24, 2.45) is 0 Å². The normalized spacial score (nSPS) is 13.1. The summed E-state index contributed by atoms with van der Waals surface area (Å²) in [6.07, 6.45) is 58.2. The Morgan fingerprint density at radius 2 is 0.879 bits per heavy atom. The number of unbranched alkanes of at least 4 members (excludes halogenated alkanes) is 28. The van der Waals surface area contributed by atoms with Gasteiger partial charge in [0.15, 0.2) is 0 Å². The predicted molar refractivity (Wildman–Crippen MR) is 250 cm³/mol. The predicted octanol–water partition coefficient (Wildman–Crippen LogP) is 14.7. The molecule has 58 heavy (non-hydrogen) atoms. The Morgan fingerprint density at radius 3 is 1.38 bits per heavy atom. The van der Waals surface area contributed by atoms with E-state index in [9.17, 15) is 19.8 Å². The van der Waals surface area contributed by atoms with Gasteiger partial charge in [0.05, 0.1) is 25.4 Å². The molecule has 0 aliphatic rings. The van der Waals surface area contributed by atoms with Crippen molar-refractivity contribution in [2.75, 3.05) is 13.2 Å². The lowest BCUT2D eigenvalue weighted by Crippen LogP contribution is -2.45. The molecule has 0 saturated heterocycles. The minimum atomic E-state index is -0.854. The Balaban J connectivity index is 3.52. The Morgan fingerprint density at radius 1 is 0.483 bits per heavy atom. The molecule has 338 valence electrons. The highest BCUT2D eigenvalue weighted by Gasteiger charge is 2.18. The molecule has 0 radical (unpaired) electrons. The maximum Gasteiger partial charge on any atom is 0.305 e. The first-order valence-electron chi connectivity index (χ1n) is 24.9. The van der Waals surface area contributed by atoms with Crippen molar-refractivity contribution in [3.8, 4) is 0 Å². The fourth-order valence-corrected chi connectivity index (χ4v) is 7.17. The first kappa shape index (κ1) is 55.8. The van der Waals surface area contributed by atoms with Crippen molar-refractivity contribution in [1.29, 1.82) is 0 Å². The molecule has 1 amide bonds.